The molecule has 0 heterocycles. The molecule has 0 amide bonds. The van der Waals surface area contributed by atoms with Crippen molar-refractivity contribution >= 4 is 37.5 Å². The maximum absolute atomic E-state index is 11.0. The summed E-state index contributed by atoms with van der Waals surface area (Å²) in [5.74, 6) is 0.00526. The standard InChI is InChI=1S/C13H9Br2NO4/c14-9-3-1-2-8(6-9)13(17)20-12-5-4-10(15)7-11(12)16(18)19/h1-7,13,17H. The number of nitro groups is 1. The molecule has 1 unspecified atom stereocenters. The number of aliphatic hydroxyl groups excluding tert-OH is 1. The van der Waals surface area contributed by atoms with Crippen molar-refractivity contribution < 1.29 is 14.8 Å². The minimum atomic E-state index is -1.28. The van der Waals surface area contributed by atoms with Gasteiger partial charge in [0.25, 0.3) is 0 Å². The van der Waals surface area contributed by atoms with Crippen LogP contribution in [0.15, 0.2) is 51.4 Å². The van der Waals surface area contributed by atoms with Gasteiger partial charge in [0.2, 0.25) is 12.0 Å². The van der Waals surface area contributed by atoms with Gasteiger partial charge in [-0.05, 0) is 24.3 Å². The summed E-state index contributed by atoms with van der Waals surface area (Å²) in [6, 6.07) is 11.2. The zero-order valence-corrected chi connectivity index (χ0v) is 13.2. The molecule has 104 valence electrons. The fourth-order valence-corrected chi connectivity index (χ4v) is 2.35. The van der Waals surface area contributed by atoms with Crippen LogP contribution in [0, 0.1) is 10.1 Å². The van der Waals surface area contributed by atoms with Crippen molar-refractivity contribution in [2.45, 2.75) is 6.29 Å². The molecule has 2 rings (SSSR count). The second-order valence-electron chi connectivity index (χ2n) is 3.89. The van der Waals surface area contributed by atoms with Crippen LogP contribution in [0.5, 0.6) is 5.75 Å². The lowest BCUT2D eigenvalue weighted by molar-refractivity contribution is -0.386. The van der Waals surface area contributed by atoms with Gasteiger partial charge in [-0.15, -0.1) is 0 Å². The van der Waals surface area contributed by atoms with E-state index < -0.39 is 11.2 Å². The van der Waals surface area contributed by atoms with Crippen LogP contribution in [0.2, 0.25) is 0 Å². The summed E-state index contributed by atoms with van der Waals surface area (Å²) >= 11 is 6.44. The van der Waals surface area contributed by atoms with Gasteiger partial charge in [0.15, 0.2) is 0 Å². The van der Waals surface area contributed by atoms with Gasteiger partial charge in [-0.3, -0.25) is 10.1 Å². The van der Waals surface area contributed by atoms with Crippen LogP contribution in [-0.4, -0.2) is 10.0 Å². The largest absolute Gasteiger partial charge is 0.454 e. The smallest absolute Gasteiger partial charge is 0.312 e. The SMILES string of the molecule is O=[N+]([O-])c1cc(Br)ccc1OC(O)c1cccc(Br)c1. The van der Waals surface area contributed by atoms with Crippen LogP contribution in [-0.2, 0) is 0 Å². The number of nitro benzene ring substituents is 1. The van der Waals surface area contributed by atoms with Crippen molar-refractivity contribution in [1.82, 2.24) is 0 Å². The topological polar surface area (TPSA) is 72.6 Å². The molecule has 0 radical (unpaired) electrons. The number of aliphatic hydroxyl groups is 1. The molecule has 20 heavy (non-hydrogen) atoms. The number of hydrogen-bond donors (Lipinski definition) is 1. The fraction of sp³-hybridized carbons (Fsp3) is 0.0769. The Balaban J connectivity index is 2.28. The van der Waals surface area contributed by atoms with E-state index in [-0.39, 0.29) is 11.4 Å². The van der Waals surface area contributed by atoms with Gasteiger partial charge in [-0.25, -0.2) is 0 Å². The average molecular weight is 403 g/mol. The maximum Gasteiger partial charge on any atom is 0.312 e. The lowest BCUT2D eigenvalue weighted by Crippen LogP contribution is -2.07. The van der Waals surface area contributed by atoms with Gasteiger partial charge in [-0.2, -0.15) is 0 Å². The molecule has 1 N–H and O–H groups in total. The van der Waals surface area contributed by atoms with Crippen molar-refractivity contribution in [3.63, 3.8) is 0 Å². The van der Waals surface area contributed by atoms with E-state index in [1.807, 2.05) is 0 Å². The van der Waals surface area contributed by atoms with Crippen LogP contribution in [0.4, 0.5) is 5.69 Å². The summed E-state index contributed by atoms with van der Waals surface area (Å²) in [7, 11) is 0. The van der Waals surface area contributed by atoms with Gasteiger partial charge >= 0.3 is 5.69 Å². The van der Waals surface area contributed by atoms with Crippen LogP contribution in [0.25, 0.3) is 0 Å². The third-order valence-corrected chi connectivity index (χ3v) is 3.48. The third-order valence-electron chi connectivity index (χ3n) is 2.49. The molecule has 1 atom stereocenters. The first-order valence-electron chi connectivity index (χ1n) is 5.51. The highest BCUT2D eigenvalue weighted by atomic mass is 79.9. The number of rotatable bonds is 4. The Morgan fingerprint density at radius 2 is 1.85 bits per heavy atom. The Morgan fingerprint density at radius 3 is 2.50 bits per heavy atom. The molecule has 5 nitrogen and oxygen atoms in total. The zero-order valence-electron chi connectivity index (χ0n) is 9.99. The molecule has 0 aromatic heterocycles. The summed E-state index contributed by atoms with van der Waals surface area (Å²) in [6.07, 6.45) is -1.28. The van der Waals surface area contributed by atoms with Crippen LogP contribution in [0.1, 0.15) is 11.9 Å². The first-order chi connectivity index (χ1) is 9.47. The van der Waals surface area contributed by atoms with Crippen molar-refractivity contribution in [1.29, 1.82) is 0 Å². The lowest BCUT2D eigenvalue weighted by atomic mass is 10.2. The first-order valence-corrected chi connectivity index (χ1v) is 7.10. The van der Waals surface area contributed by atoms with Gasteiger partial charge < -0.3 is 9.84 Å². The van der Waals surface area contributed by atoms with Crippen LogP contribution in [0.3, 0.4) is 0 Å². The number of hydrogen-bond acceptors (Lipinski definition) is 4. The molecular weight excluding hydrogens is 394 g/mol. The number of halogens is 2. The molecule has 7 heteroatoms. The summed E-state index contributed by atoms with van der Waals surface area (Å²) in [5, 5.41) is 21.0. The Hall–Kier alpha value is -1.44. The molecule has 2 aromatic rings. The summed E-state index contributed by atoms with van der Waals surface area (Å²) in [6.45, 7) is 0. The van der Waals surface area contributed by atoms with Gasteiger partial charge in [-0.1, -0.05) is 44.0 Å². The van der Waals surface area contributed by atoms with E-state index in [0.29, 0.717) is 10.0 Å². The molecule has 0 saturated heterocycles. The number of nitrogens with zero attached hydrogens (tertiary/aromatic N) is 1. The predicted octanol–water partition coefficient (Wildman–Crippen LogP) is 4.19. The van der Waals surface area contributed by atoms with E-state index in [4.69, 9.17) is 4.74 Å². The van der Waals surface area contributed by atoms with E-state index >= 15 is 0 Å². The minimum absolute atomic E-state index is 0.00526. The fourth-order valence-electron chi connectivity index (χ4n) is 1.58. The van der Waals surface area contributed by atoms with Crippen LogP contribution >= 0.6 is 31.9 Å². The maximum atomic E-state index is 11.0. The van der Waals surface area contributed by atoms with Gasteiger partial charge in [0.05, 0.1) is 4.92 Å². The average Bonchev–Trinajstić information content (AvgIpc) is 2.40. The first kappa shape index (κ1) is 15.0. The third kappa shape index (κ3) is 3.56. The molecule has 0 aliphatic heterocycles. The number of ether oxygens (including phenoxy) is 1. The van der Waals surface area contributed by atoms with Crippen molar-refractivity contribution in [2.75, 3.05) is 0 Å². The van der Waals surface area contributed by atoms with Crippen molar-refractivity contribution in [2.24, 2.45) is 0 Å². The van der Waals surface area contributed by atoms with Crippen molar-refractivity contribution in [3.05, 3.63) is 67.1 Å². The van der Waals surface area contributed by atoms with E-state index in [1.54, 1.807) is 30.3 Å². The van der Waals surface area contributed by atoms with Crippen LogP contribution < -0.4 is 4.74 Å². The molecular formula is C13H9Br2NO4. The highest BCUT2D eigenvalue weighted by Crippen LogP contribution is 2.33. The highest BCUT2D eigenvalue weighted by molar-refractivity contribution is 9.10. The number of benzene rings is 2. The Bertz CT molecular complexity index is 648. The molecule has 0 aliphatic rings. The molecule has 0 saturated carbocycles. The second-order valence-corrected chi connectivity index (χ2v) is 5.73. The van der Waals surface area contributed by atoms with Gasteiger partial charge in [0.1, 0.15) is 0 Å². The lowest BCUT2D eigenvalue weighted by Gasteiger charge is -2.14. The minimum Gasteiger partial charge on any atom is -0.454 e. The zero-order chi connectivity index (χ0) is 14.7. The van der Waals surface area contributed by atoms with E-state index in [9.17, 15) is 15.2 Å². The summed E-state index contributed by atoms with van der Waals surface area (Å²) < 4.78 is 6.62. The molecule has 2 aromatic carbocycles. The van der Waals surface area contributed by atoms with Gasteiger partial charge in [0, 0.05) is 20.6 Å². The summed E-state index contributed by atoms with van der Waals surface area (Å²) in [4.78, 5) is 10.4. The van der Waals surface area contributed by atoms with Crippen molar-refractivity contribution in [3.8, 4) is 5.75 Å². The Labute approximate surface area is 131 Å². The normalized spacial score (nSPS) is 11.9. The molecule has 0 aliphatic carbocycles. The second kappa shape index (κ2) is 6.34. The quantitative estimate of drug-likeness (QED) is 0.472. The van der Waals surface area contributed by atoms with E-state index in [0.717, 1.165) is 4.47 Å². The molecule has 0 fully saturated rings. The molecule has 0 spiro atoms. The van der Waals surface area contributed by atoms with E-state index in [1.165, 1.54) is 12.1 Å². The Kier molecular flexibility index (Phi) is 4.74. The predicted molar refractivity (Wildman–Crippen MR) is 80.5 cm³/mol. The summed E-state index contributed by atoms with van der Waals surface area (Å²) in [5.41, 5.74) is 0.282. The Morgan fingerprint density at radius 1 is 1.15 bits per heavy atom. The van der Waals surface area contributed by atoms with E-state index in [2.05, 4.69) is 31.9 Å². The monoisotopic (exact) mass is 401 g/mol. The highest BCUT2D eigenvalue weighted by Gasteiger charge is 2.19. The molecule has 0 bridgehead atoms.